The molecule has 196 valence electrons. The second-order valence-corrected chi connectivity index (χ2v) is 9.80. The van der Waals surface area contributed by atoms with Gasteiger partial charge in [-0.3, -0.25) is 14.5 Å². The van der Waals surface area contributed by atoms with Crippen molar-refractivity contribution < 1.29 is 18.7 Å². The zero-order chi connectivity index (χ0) is 26.5. The summed E-state index contributed by atoms with van der Waals surface area (Å²) >= 11 is 0. The van der Waals surface area contributed by atoms with Gasteiger partial charge in [0, 0.05) is 28.8 Å². The van der Waals surface area contributed by atoms with E-state index in [1.807, 2.05) is 42.6 Å². The third-order valence-electron chi connectivity index (χ3n) is 7.26. The van der Waals surface area contributed by atoms with Crippen molar-refractivity contribution in [3.05, 3.63) is 95.9 Å². The van der Waals surface area contributed by atoms with E-state index >= 15 is 0 Å². The number of rotatable bonds is 8. The Morgan fingerprint density at radius 2 is 1.79 bits per heavy atom. The number of anilines is 1. The summed E-state index contributed by atoms with van der Waals surface area (Å²) in [6, 6.07) is 19.8. The van der Waals surface area contributed by atoms with E-state index in [2.05, 4.69) is 10.3 Å². The Morgan fingerprint density at radius 3 is 2.55 bits per heavy atom. The van der Waals surface area contributed by atoms with Crippen molar-refractivity contribution in [1.29, 1.82) is 0 Å². The number of aromatic amines is 1. The number of H-pyrrole nitrogens is 1. The fraction of sp³-hybridized carbons (Fsp3) is 0.290. The standard InChI is InChI=1S/C31H32FN3O3/c1-38-26-11-7-8-21(18-26)30(31(37)34-24-9-3-2-4-10-24)35(25-16-14-23(32)15-17-25)29(36)19-22-20-33-28-13-6-5-12-27(22)28/h5-8,11-18,20,24,30,33H,2-4,9-10,19H2,1H3,(H,34,37)/t30-/m0/s1. The quantitative estimate of drug-likeness (QED) is 0.300. The normalized spacial score (nSPS) is 14.7. The van der Waals surface area contributed by atoms with E-state index in [1.165, 1.54) is 17.0 Å². The first kappa shape index (κ1) is 25.5. The zero-order valence-corrected chi connectivity index (χ0v) is 21.5. The molecular formula is C31H32FN3O3. The molecule has 0 spiro atoms. The lowest BCUT2D eigenvalue weighted by atomic mass is 9.94. The Kier molecular flexibility index (Phi) is 7.73. The Hall–Kier alpha value is -4.13. The van der Waals surface area contributed by atoms with Gasteiger partial charge in [0.25, 0.3) is 0 Å². The summed E-state index contributed by atoms with van der Waals surface area (Å²) in [5.41, 5.74) is 2.83. The molecule has 2 N–H and O–H groups in total. The topological polar surface area (TPSA) is 74.4 Å². The van der Waals surface area contributed by atoms with Crippen LogP contribution >= 0.6 is 0 Å². The fourth-order valence-corrected chi connectivity index (χ4v) is 5.32. The molecule has 1 aliphatic carbocycles. The highest BCUT2D eigenvalue weighted by Crippen LogP contribution is 2.32. The van der Waals surface area contributed by atoms with Crippen molar-refractivity contribution in [2.75, 3.05) is 12.0 Å². The number of aromatic nitrogens is 1. The molecule has 1 saturated carbocycles. The van der Waals surface area contributed by atoms with Gasteiger partial charge in [-0.1, -0.05) is 49.6 Å². The van der Waals surface area contributed by atoms with Crippen LogP contribution in [0.5, 0.6) is 5.75 Å². The number of hydrogen-bond donors (Lipinski definition) is 2. The maximum absolute atomic E-state index is 14.1. The first-order chi connectivity index (χ1) is 18.5. The highest BCUT2D eigenvalue weighted by atomic mass is 19.1. The number of halogens is 1. The molecular weight excluding hydrogens is 481 g/mol. The molecule has 5 rings (SSSR count). The fourth-order valence-electron chi connectivity index (χ4n) is 5.32. The average molecular weight is 514 g/mol. The predicted molar refractivity (Wildman–Crippen MR) is 147 cm³/mol. The second kappa shape index (κ2) is 11.5. The maximum atomic E-state index is 14.1. The van der Waals surface area contributed by atoms with Crippen LogP contribution in [0.2, 0.25) is 0 Å². The van der Waals surface area contributed by atoms with Gasteiger partial charge in [-0.25, -0.2) is 4.39 Å². The summed E-state index contributed by atoms with van der Waals surface area (Å²) in [6.07, 6.45) is 7.02. The van der Waals surface area contributed by atoms with Gasteiger partial charge >= 0.3 is 0 Å². The van der Waals surface area contributed by atoms with Crippen molar-refractivity contribution in [2.45, 2.75) is 50.6 Å². The minimum absolute atomic E-state index is 0.0585. The Labute approximate surface area is 221 Å². The van der Waals surface area contributed by atoms with E-state index in [0.29, 0.717) is 17.0 Å². The van der Waals surface area contributed by atoms with Gasteiger partial charge < -0.3 is 15.0 Å². The molecule has 7 heteroatoms. The number of amides is 2. The molecule has 0 saturated heterocycles. The van der Waals surface area contributed by atoms with Crippen LogP contribution in [0.15, 0.2) is 79.0 Å². The predicted octanol–water partition coefficient (Wildman–Crippen LogP) is 6.08. The highest BCUT2D eigenvalue weighted by molar-refractivity contribution is 6.03. The smallest absolute Gasteiger partial charge is 0.248 e. The zero-order valence-electron chi connectivity index (χ0n) is 21.5. The highest BCUT2D eigenvalue weighted by Gasteiger charge is 2.34. The summed E-state index contributed by atoms with van der Waals surface area (Å²) in [4.78, 5) is 32.8. The molecule has 6 nitrogen and oxygen atoms in total. The molecule has 1 aromatic heterocycles. The number of ether oxygens (including phenoxy) is 1. The summed E-state index contributed by atoms with van der Waals surface area (Å²) < 4.78 is 19.4. The number of fused-ring (bicyclic) bond motifs is 1. The van der Waals surface area contributed by atoms with Crippen molar-refractivity contribution in [3.63, 3.8) is 0 Å². The summed E-state index contributed by atoms with van der Waals surface area (Å²) in [5.74, 6) is -0.363. The van der Waals surface area contributed by atoms with Crippen molar-refractivity contribution in [3.8, 4) is 5.75 Å². The molecule has 4 aromatic rings. The van der Waals surface area contributed by atoms with Crippen LogP contribution in [0, 0.1) is 5.82 Å². The van der Waals surface area contributed by atoms with Crippen LogP contribution in [-0.4, -0.2) is 29.9 Å². The molecule has 0 aliphatic heterocycles. The van der Waals surface area contributed by atoms with Gasteiger partial charge in [-0.05, 0) is 66.4 Å². The van der Waals surface area contributed by atoms with E-state index in [9.17, 15) is 14.0 Å². The van der Waals surface area contributed by atoms with Crippen LogP contribution in [0.3, 0.4) is 0 Å². The van der Waals surface area contributed by atoms with Crippen LogP contribution in [0.25, 0.3) is 10.9 Å². The molecule has 0 bridgehead atoms. The minimum atomic E-state index is -0.963. The van der Waals surface area contributed by atoms with Gasteiger partial charge in [0.2, 0.25) is 11.8 Å². The summed E-state index contributed by atoms with van der Waals surface area (Å²) in [6.45, 7) is 0. The van der Waals surface area contributed by atoms with E-state index in [0.717, 1.165) is 48.6 Å². The van der Waals surface area contributed by atoms with Crippen LogP contribution in [-0.2, 0) is 16.0 Å². The molecule has 1 atom stereocenters. The minimum Gasteiger partial charge on any atom is -0.497 e. The Balaban J connectivity index is 1.57. The second-order valence-electron chi connectivity index (χ2n) is 9.80. The van der Waals surface area contributed by atoms with Gasteiger partial charge in [-0.15, -0.1) is 0 Å². The van der Waals surface area contributed by atoms with Gasteiger partial charge in [0.15, 0.2) is 0 Å². The van der Waals surface area contributed by atoms with E-state index in [-0.39, 0.29) is 24.3 Å². The van der Waals surface area contributed by atoms with Crippen molar-refractivity contribution >= 4 is 28.4 Å². The maximum Gasteiger partial charge on any atom is 0.248 e. The lowest BCUT2D eigenvalue weighted by Gasteiger charge is -2.33. The molecule has 0 unspecified atom stereocenters. The molecule has 1 fully saturated rings. The number of benzene rings is 3. The lowest BCUT2D eigenvalue weighted by Crippen LogP contribution is -2.47. The van der Waals surface area contributed by atoms with Crippen molar-refractivity contribution in [1.82, 2.24) is 10.3 Å². The van der Waals surface area contributed by atoms with E-state index < -0.39 is 11.9 Å². The third-order valence-corrected chi connectivity index (χ3v) is 7.26. The average Bonchev–Trinajstić information content (AvgIpc) is 3.35. The SMILES string of the molecule is COc1cccc([C@@H](C(=O)NC2CCCCC2)N(C(=O)Cc2c[nH]c3ccccc23)c2ccc(F)cc2)c1. The van der Waals surface area contributed by atoms with E-state index in [1.54, 1.807) is 31.4 Å². The first-order valence-electron chi connectivity index (χ1n) is 13.1. The lowest BCUT2D eigenvalue weighted by molar-refractivity contribution is -0.127. The Bertz CT molecular complexity index is 1410. The number of methoxy groups -OCH3 is 1. The molecule has 2 amide bonds. The third kappa shape index (κ3) is 5.57. The number of nitrogens with one attached hydrogen (secondary N) is 2. The first-order valence-corrected chi connectivity index (χ1v) is 13.1. The number of para-hydroxylation sites is 1. The number of carbonyl (C=O) groups is 2. The van der Waals surface area contributed by atoms with Gasteiger partial charge in [0.05, 0.1) is 13.5 Å². The molecule has 1 aliphatic rings. The largest absolute Gasteiger partial charge is 0.497 e. The molecule has 3 aromatic carbocycles. The molecule has 0 radical (unpaired) electrons. The summed E-state index contributed by atoms with van der Waals surface area (Å²) in [5, 5.41) is 4.15. The molecule has 1 heterocycles. The number of hydrogen-bond acceptors (Lipinski definition) is 3. The van der Waals surface area contributed by atoms with Crippen LogP contribution < -0.4 is 15.0 Å². The van der Waals surface area contributed by atoms with Crippen LogP contribution in [0.4, 0.5) is 10.1 Å². The molecule has 38 heavy (non-hydrogen) atoms. The van der Waals surface area contributed by atoms with E-state index in [4.69, 9.17) is 4.74 Å². The van der Waals surface area contributed by atoms with Crippen molar-refractivity contribution in [2.24, 2.45) is 0 Å². The monoisotopic (exact) mass is 513 g/mol. The van der Waals surface area contributed by atoms with Gasteiger partial charge in [0.1, 0.15) is 17.6 Å². The number of nitrogens with zero attached hydrogens (tertiary/aromatic N) is 1. The van der Waals surface area contributed by atoms with Gasteiger partial charge in [-0.2, -0.15) is 0 Å². The Morgan fingerprint density at radius 1 is 1.03 bits per heavy atom. The number of carbonyl (C=O) groups excluding carboxylic acids is 2. The van der Waals surface area contributed by atoms with Crippen LogP contribution in [0.1, 0.15) is 49.3 Å². The summed E-state index contributed by atoms with van der Waals surface area (Å²) in [7, 11) is 1.57.